The molecule has 3 heterocycles. The average molecular weight is 354 g/mol. The minimum absolute atomic E-state index is 0.122. The number of rotatable bonds is 7. The van der Waals surface area contributed by atoms with Crippen LogP contribution in [0.25, 0.3) is 0 Å². The van der Waals surface area contributed by atoms with Gasteiger partial charge < -0.3 is 9.64 Å². The third-order valence-electron chi connectivity index (χ3n) is 5.38. The molecule has 2 atom stereocenters. The van der Waals surface area contributed by atoms with E-state index >= 15 is 0 Å². The SMILES string of the molecule is Cc1ccn(CC(=O)N2C[C@@H](COCC3CC3)[C@H](c3ccncc3)C2)n1. The normalized spacial score (nSPS) is 22.7. The topological polar surface area (TPSA) is 60.2 Å². The van der Waals surface area contributed by atoms with E-state index in [1.807, 2.05) is 36.5 Å². The molecule has 2 fully saturated rings. The Labute approximate surface area is 154 Å². The number of hydrogen-bond donors (Lipinski definition) is 0. The molecule has 0 N–H and O–H groups in total. The summed E-state index contributed by atoms with van der Waals surface area (Å²) < 4.78 is 7.69. The zero-order chi connectivity index (χ0) is 17.9. The van der Waals surface area contributed by atoms with Crippen LogP contribution < -0.4 is 0 Å². The molecule has 6 heteroatoms. The Kier molecular flexibility index (Phi) is 5.02. The lowest BCUT2D eigenvalue weighted by atomic mass is 9.90. The van der Waals surface area contributed by atoms with Crippen molar-refractivity contribution in [2.75, 3.05) is 26.3 Å². The minimum atomic E-state index is 0.122. The van der Waals surface area contributed by atoms with E-state index in [9.17, 15) is 4.79 Å². The van der Waals surface area contributed by atoms with Gasteiger partial charge in [-0.2, -0.15) is 5.10 Å². The van der Waals surface area contributed by atoms with E-state index in [0.717, 1.165) is 31.3 Å². The molecule has 0 spiro atoms. The maximum atomic E-state index is 12.8. The van der Waals surface area contributed by atoms with Gasteiger partial charge in [0.2, 0.25) is 5.91 Å². The van der Waals surface area contributed by atoms with Crippen LogP contribution in [0.2, 0.25) is 0 Å². The van der Waals surface area contributed by atoms with Crippen LogP contribution in [0.3, 0.4) is 0 Å². The van der Waals surface area contributed by atoms with Crippen molar-refractivity contribution in [2.24, 2.45) is 11.8 Å². The molecule has 4 rings (SSSR count). The summed E-state index contributed by atoms with van der Waals surface area (Å²) in [4.78, 5) is 18.8. The molecule has 1 amide bonds. The smallest absolute Gasteiger partial charge is 0.244 e. The number of nitrogens with zero attached hydrogens (tertiary/aromatic N) is 4. The Morgan fingerprint density at radius 1 is 1.19 bits per heavy atom. The summed E-state index contributed by atoms with van der Waals surface area (Å²) in [7, 11) is 0. The van der Waals surface area contributed by atoms with Crippen molar-refractivity contribution in [3.8, 4) is 0 Å². The molecule has 1 saturated heterocycles. The molecule has 2 aliphatic rings. The maximum absolute atomic E-state index is 12.8. The van der Waals surface area contributed by atoms with Crippen LogP contribution in [0, 0.1) is 18.8 Å². The number of ether oxygens (including phenoxy) is 1. The van der Waals surface area contributed by atoms with Crippen molar-refractivity contribution in [3.05, 3.63) is 48.0 Å². The molecule has 2 aromatic rings. The van der Waals surface area contributed by atoms with Gasteiger partial charge in [0.15, 0.2) is 0 Å². The number of carbonyl (C=O) groups is 1. The summed E-state index contributed by atoms with van der Waals surface area (Å²) >= 11 is 0. The van der Waals surface area contributed by atoms with E-state index in [-0.39, 0.29) is 5.91 Å². The Balaban J connectivity index is 1.42. The molecule has 2 aromatic heterocycles. The quantitative estimate of drug-likeness (QED) is 0.765. The van der Waals surface area contributed by atoms with Crippen LogP contribution in [0.4, 0.5) is 0 Å². The first-order chi connectivity index (χ1) is 12.7. The molecule has 0 aromatic carbocycles. The third-order valence-corrected chi connectivity index (χ3v) is 5.38. The molecule has 138 valence electrons. The molecule has 1 saturated carbocycles. The summed E-state index contributed by atoms with van der Waals surface area (Å²) in [6, 6.07) is 6.04. The van der Waals surface area contributed by atoms with Gasteiger partial charge >= 0.3 is 0 Å². The fourth-order valence-electron chi connectivity index (χ4n) is 3.69. The van der Waals surface area contributed by atoms with Gasteiger partial charge in [-0.25, -0.2) is 0 Å². The Bertz CT molecular complexity index is 741. The lowest BCUT2D eigenvalue weighted by molar-refractivity contribution is -0.131. The number of aryl methyl sites for hydroxylation is 1. The van der Waals surface area contributed by atoms with Crippen molar-refractivity contribution in [2.45, 2.75) is 32.2 Å². The second-order valence-corrected chi connectivity index (χ2v) is 7.58. The van der Waals surface area contributed by atoms with Crippen LogP contribution in [-0.2, 0) is 16.1 Å². The van der Waals surface area contributed by atoms with Crippen LogP contribution in [-0.4, -0.2) is 51.9 Å². The van der Waals surface area contributed by atoms with Gasteiger partial charge in [-0.05, 0) is 49.4 Å². The Hall–Kier alpha value is -2.21. The lowest BCUT2D eigenvalue weighted by Crippen LogP contribution is -2.32. The highest BCUT2D eigenvalue weighted by Crippen LogP contribution is 2.34. The Morgan fingerprint density at radius 2 is 2.00 bits per heavy atom. The molecular formula is C20H26N4O2. The van der Waals surface area contributed by atoms with Gasteiger partial charge in [-0.15, -0.1) is 0 Å². The molecular weight excluding hydrogens is 328 g/mol. The number of likely N-dealkylation sites (tertiary alicyclic amines) is 1. The molecule has 0 bridgehead atoms. The van der Waals surface area contributed by atoms with Crippen molar-refractivity contribution in [1.29, 1.82) is 0 Å². The van der Waals surface area contributed by atoms with E-state index in [1.165, 1.54) is 18.4 Å². The van der Waals surface area contributed by atoms with Crippen molar-refractivity contribution in [1.82, 2.24) is 19.7 Å². The zero-order valence-electron chi connectivity index (χ0n) is 15.3. The summed E-state index contributed by atoms with van der Waals surface area (Å²) in [5, 5.41) is 4.33. The van der Waals surface area contributed by atoms with Gasteiger partial charge in [-0.1, -0.05) is 0 Å². The van der Waals surface area contributed by atoms with Crippen molar-refractivity contribution in [3.63, 3.8) is 0 Å². The molecule has 1 aliphatic carbocycles. The maximum Gasteiger partial charge on any atom is 0.244 e. The van der Waals surface area contributed by atoms with Gasteiger partial charge in [0.25, 0.3) is 0 Å². The third kappa shape index (κ3) is 4.12. The van der Waals surface area contributed by atoms with Crippen LogP contribution >= 0.6 is 0 Å². The number of hydrogen-bond acceptors (Lipinski definition) is 4. The van der Waals surface area contributed by atoms with E-state index in [1.54, 1.807) is 4.68 Å². The van der Waals surface area contributed by atoms with Crippen molar-refractivity contribution < 1.29 is 9.53 Å². The van der Waals surface area contributed by atoms with E-state index < -0.39 is 0 Å². The van der Waals surface area contributed by atoms with Crippen LogP contribution in [0.15, 0.2) is 36.8 Å². The van der Waals surface area contributed by atoms with Gasteiger partial charge in [0, 0.05) is 50.1 Å². The summed E-state index contributed by atoms with van der Waals surface area (Å²) in [6.07, 6.45) is 8.11. The number of aromatic nitrogens is 3. The summed E-state index contributed by atoms with van der Waals surface area (Å²) in [5.74, 6) is 1.52. The fraction of sp³-hybridized carbons (Fsp3) is 0.550. The van der Waals surface area contributed by atoms with Crippen LogP contribution in [0.1, 0.15) is 30.0 Å². The van der Waals surface area contributed by atoms with Gasteiger partial charge in [0.05, 0.1) is 12.3 Å². The second kappa shape index (κ2) is 7.58. The van der Waals surface area contributed by atoms with E-state index in [4.69, 9.17) is 4.74 Å². The average Bonchev–Trinajstić information content (AvgIpc) is 3.22. The highest BCUT2D eigenvalue weighted by Gasteiger charge is 2.36. The van der Waals surface area contributed by atoms with E-state index in [2.05, 4.69) is 22.2 Å². The monoisotopic (exact) mass is 354 g/mol. The molecule has 0 unspecified atom stereocenters. The standard InChI is InChI=1S/C20H26N4O2/c1-15-6-9-24(22-15)12-20(25)23-10-18(14-26-13-16-2-3-16)19(11-23)17-4-7-21-8-5-17/h4-9,16,18-19H,2-3,10-14H2,1H3/t18-,19-/m0/s1. The zero-order valence-corrected chi connectivity index (χ0v) is 15.3. The largest absolute Gasteiger partial charge is 0.381 e. The molecule has 26 heavy (non-hydrogen) atoms. The molecule has 6 nitrogen and oxygen atoms in total. The van der Waals surface area contributed by atoms with Gasteiger partial charge in [-0.3, -0.25) is 14.5 Å². The summed E-state index contributed by atoms with van der Waals surface area (Å²) in [5.41, 5.74) is 2.17. The highest BCUT2D eigenvalue weighted by atomic mass is 16.5. The fourth-order valence-corrected chi connectivity index (χ4v) is 3.69. The Morgan fingerprint density at radius 3 is 2.69 bits per heavy atom. The lowest BCUT2D eigenvalue weighted by Gasteiger charge is -2.18. The molecule has 0 radical (unpaired) electrons. The first-order valence-electron chi connectivity index (χ1n) is 9.44. The molecule has 1 aliphatic heterocycles. The predicted molar refractivity (Wildman–Crippen MR) is 97.6 cm³/mol. The summed E-state index contributed by atoms with van der Waals surface area (Å²) in [6.45, 7) is 5.29. The number of carbonyl (C=O) groups excluding carboxylic acids is 1. The van der Waals surface area contributed by atoms with Gasteiger partial charge in [0.1, 0.15) is 6.54 Å². The van der Waals surface area contributed by atoms with Crippen molar-refractivity contribution >= 4 is 5.91 Å². The van der Waals surface area contributed by atoms with Crippen LogP contribution in [0.5, 0.6) is 0 Å². The number of pyridine rings is 1. The first kappa shape index (κ1) is 17.2. The highest BCUT2D eigenvalue weighted by molar-refractivity contribution is 5.76. The second-order valence-electron chi connectivity index (χ2n) is 7.58. The predicted octanol–water partition coefficient (Wildman–Crippen LogP) is 2.26. The first-order valence-corrected chi connectivity index (χ1v) is 9.44. The van der Waals surface area contributed by atoms with E-state index in [0.29, 0.717) is 25.0 Å². The minimum Gasteiger partial charge on any atom is -0.381 e. The number of amides is 1.